The number of piperidine rings is 1. The van der Waals surface area contributed by atoms with Crippen molar-refractivity contribution in [3.63, 3.8) is 0 Å². The molecule has 0 aliphatic carbocycles. The summed E-state index contributed by atoms with van der Waals surface area (Å²) >= 11 is 9.87. The zero-order chi connectivity index (χ0) is 28.3. The van der Waals surface area contributed by atoms with Gasteiger partial charge in [0.1, 0.15) is 12.4 Å². The van der Waals surface area contributed by atoms with E-state index in [9.17, 15) is 4.79 Å². The summed E-state index contributed by atoms with van der Waals surface area (Å²) in [6, 6.07) is 21.2. The number of hydrazone groups is 1. The van der Waals surface area contributed by atoms with E-state index in [2.05, 4.69) is 61.0 Å². The van der Waals surface area contributed by atoms with Crippen molar-refractivity contribution in [2.24, 2.45) is 10.8 Å². The molecule has 0 radical (unpaired) electrons. The van der Waals surface area contributed by atoms with Gasteiger partial charge >= 0.3 is 6.03 Å². The lowest BCUT2D eigenvalue weighted by molar-refractivity contribution is 0.183. The summed E-state index contributed by atoms with van der Waals surface area (Å²) in [5.41, 5.74) is 10.7. The highest BCUT2D eigenvalue weighted by molar-refractivity contribution is 9.10. The maximum Gasteiger partial charge on any atom is 0.335 e. The summed E-state index contributed by atoms with van der Waals surface area (Å²) in [5.74, 6) is 0.890. The lowest BCUT2D eigenvalue weighted by atomic mass is 9.98. The van der Waals surface area contributed by atoms with Gasteiger partial charge in [-0.3, -0.25) is 4.90 Å². The Bertz CT molecular complexity index is 1580. The average Bonchev–Trinajstić information content (AvgIpc) is 3.57. The van der Waals surface area contributed by atoms with Crippen molar-refractivity contribution in [3.05, 3.63) is 99.1 Å². The van der Waals surface area contributed by atoms with E-state index in [1.807, 2.05) is 42.5 Å². The molecule has 7 nitrogen and oxygen atoms in total. The Kier molecular flexibility index (Phi) is 8.32. The Balaban J connectivity index is 1.22. The van der Waals surface area contributed by atoms with Crippen LogP contribution >= 0.6 is 27.5 Å². The number of nitrogens with zero attached hydrogens (tertiary/aromatic N) is 4. The minimum atomic E-state index is -0.584. The predicted molar refractivity (Wildman–Crippen MR) is 168 cm³/mol. The SMILES string of the molecule is NC(=O)N1N=C(c2cccc(Cl)c2)CC1c1cn(Cc2ccc(OCCN3CCCCC3)cc2)c2ccc(Br)cc12. The number of carbonyl (C=O) groups is 1. The van der Waals surface area contributed by atoms with Gasteiger partial charge in [-0.25, -0.2) is 9.80 Å². The summed E-state index contributed by atoms with van der Waals surface area (Å²) in [7, 11) is 0. The Morgan fingerprint density at radius 3 is 2.61 bits per heavy atom. The highest BCUT2D eigenvalue weighted by Crippen LogP contribution is 2.38. The van der Waals surface area contributed by atoms with Crippen LogP contribution in [-0.4, -0.2) is 52.5 Å². The molecule has 1 saturated heterocycles. The molecular weight excluding hydrogens is 602 g/mol. The summed E-state index contributed by atoms with van der Waals surface area (Å²) in [6.07, 6.45) is 6.59. The van der Waals surface area contributed by atoms with Crippen molar-refractivity contribution in [1.29, 1.82) is 0 Å². The molecule has 2 aliphatic rings. The molecule has 2 aliphatic heterocycles. The number of rotatable bonds is 8. The second kappa shape index (κ2) is 12.3. The van der Waals surface area contributed by atoms with E-state index in [1.54, 1.807) is 0 Å². The number of hydrogen-bond donors (Lipinski definition) is 1. The number of fused-ring (bicyclic) bond motifs is 1. The molecule has 6 rings (SSSR count). The first kappa shape index (κ1) is 27.8. The molecule has 1 atom stereocenters. The molecule has 9 heteroatoms. The van der Waals surface area contributed by atoms with Crippen molar-refractivity contribution in [2.45, 2.75) is 38.3 Å². The number of urea groups is 1. The van der Waals surface area contributed by atoms with Crippen LogP contribution in [0, 0.1) is 0 Å². The molecule has 0 spiro atoms. The Hall–Kier alpha value is -3.33. The van der Waals surface area contributed by atoms with E-state index in [0.29, 0.717) is 24.6 Å². The summed E-state index contributed by atoms with van der Waals surface area (Å²) in [6.45, 7) is 4.71. The van der Waals surface area contributed by atoms with Crippen LogP contribution in [0.4, 0.5) is 4.79 Å². The number of halogens is 2. The molecule has 4 aromatic rings. The zero-order valence-corrected chi connectivity index (χ0v) is 25.2. The standard InChI is InChI=1S/C32H33BrClN5O2/c33-24-9-12-30-27(18-24)28(31-19-29(36-39(31)32(35)40)23-5-4-6-25(34)17-23)21-38(30)20-22-7-10-26(11-8-22)41-16-15-37-13-2-1-3-14-37/h4-12,17-18,21,31H,1-3,13-16,19-20H2,(H2,35,40). The fraction of sp³-hybridized carbons (Fsp3) is 0.312. The van der Waals surface area contributed by atoms with E-state index >= 15 is 0 Å². The minimum Gasteiger partial charge on any atom is -0.492 e. The number of carbonyl (C=O) groups excluding carboxylic acids is 1. The quantitative estimate of drug-likeness (QED) is 0.223. The lowest BCUT2D eigenvalue weighted by Crippen LogP contribution is -2.33. The number of aromatic nitrogens is 1. The van der Waals surface area contributed by atoms with Gasteiger partial charge < -0.3 is 15.0 Å². The van der Waals surface area contributed by atoms with Crippen LogP contribution in [0.25, 0.3) is 10.9 Å². The summed E-state index contributed by atoms with van der Waals surface area (Å²) in [4.78, 5) is 15.0. The molecule has 3 heterocycles. The first-order chi connectivity index (χ1) is 19.9. The monoisotopic (exact) mass is 633 g/mol. The summed E-state index contributed by atoms with van der Waals surface area (Å²) < 4.78 is 9.22. The largest absolute Gasteiger partial charge is 0.492 e. The second-order valence-electron chi connectivity index (χ2n) is 10.7. The van der Waals surface area contributed by atoms with Crippen LogP contribution in [0.2, 0.25) is 5.02 Å². The molecule has 2 N–H and O–H groups in total. The van der Waals surface area contributed by atoms with Crippen LogP contribution < -0.4 is 10.5 Å². The molecule has 3 aromatic carbocycles. The Morgan fingerprint density at radius 2 is 1.85 bits per heavy atom. The topological polar surface area (TPSA) is 76.1 Å². The van der Waals surface area contributed by atoms with Crippen LogP contribution in [0.3, 0.4) is 0 Å². The third kappa shape index (κ3) is 6.30. The molecule has 0 saturated carbocycles. The number of primary amides is 1. The predicted octanol–water partition coefficient (Wildman–Crippen LogP) is 7.20. The highest BCUT2D eigenvalue weighted by Gasteiger charge is 2.34. The normalized spacial score (nSPS) is 17.7. The smallest absolute Gasteiger partial charge is 0.335 e. The molecule has 0 bridgehead atoms. The highest BCUT2D eigenvalue weighted by atomic mass is 79.9. The number of hydrogen-bond acceptors (Lipinski definition) is 4. The van der Waals surface area contributed by atoms with Gasteiger partial charge in [-0.2, -0.15) is 5.10 Å². The van der Waals surface area contributed by atoms with Crippen molar-refractivity contribution >= 4 is 50.2 Å². The average molecular weight is 635 g/mol. The number of amides is 2. The molecule has 41 heavy (non-hydrogen) atoms. The summed E-state index contributed by atoms with van der Waals surface area (Å²) in [5, 5.41) is 7.69. The Morgan fingerprint density at radius 1 is 1.05 bits per heavy atom. The van der Waals surface area contributed by atoms with E-state index in [1.165, 1.54) is 37.4 Å². The van der Waals surface area contributed by atoms with Gasteiger partial charge in [0.05, 0.1) is 11.8 Å². The van der Waals surface area contributed by atoms with E-state index in [4.69, 9.17) is 22.1 Å². The number of likely N-dealkylation sites (tertiary alicyclic amines) is 1. The van der Waals surface area contributed by atoms with Crippen molar-refractivity contribution in [1.82, 2.24) is 14.5 Å². The molecule has 2 amide bonds. The van der Waals surface area contributed by atoms with E-state index < -0.39 is 6.03 Å². The third-order valence-electron chi connectivity index (χ3n) is 7.93. The number of nitrogens with two attached hydrogens (primary N) is 1. The van der Waals surface area contributed by atoms with Gasteiger partial charge in [0.2, 0.25) is 0 Å². The molecule has 1 aromatic heterocycles. The van der Waals surface area contributed by atoms with Gasteiger partial charge in [-0.15, -0.1) is 0 Å². The molecular formula is C32H33BrClN5O2. The van der Waals surface area contributed by atoms with E-state index in [0.717, 1.165) is 50.1 Å². The maximum absolute atomic E-state index is 12.5. The number of ether oxygens (including phenoxy) is 1. The van der Waals surface area contributed by atoms with Crippen LogP contribution in [0.1, 0.15) is 48.4 Å². The van der Waals surface area contributed by atoms with Gasteiger partial charge in [0.25, 0.3) is 0 Å². The van der Waals surface area contributed by atoms with Crippen LogP contribution in [0.15, 0.2) is 82.5 Å². The fourth-order valence-corrected chi connectivity index (χ4v) is 6.41. The van der Waals surface area contributed by atoms with Gasteiger partial charge in [0.15, 0.2) is 0 Å². The zero-order valence-electron chi connectivity index (χ0n) is 22.8. The van der Waals surface area contributed by atoms with Gasteiger partial charge in [0, 0.05) is 51.7 Å². The minimum absolute atomic E-state index is 0.324. The second-order valence-corrected chi connectivity index (χ2v) is 12.1. The first-order valence-corrected chi connectivity index (χ1v) is 15.3. The Labute approximate surface area is 253 Å². The van der Waals surface area contributed by atoms with Crippen molar-refractivity contribution < 1.29 is 9.53 Å². The molecule has 1 unspecified atom stereocenters. The first-order valence-electron chi connectivity index (χ1n) is 14.1. The van der Waals surface area contributed by atoms with Crippen molar-refractivity contribution in [2.75, 3.05) is 26.2 Å². The van der Waals surface area contributed by atoms with Gasteiger partial charge in [-0.1, -0.05) is 58.2 Å². The van der Waals surface area contributed by atoms with Crippen LogP contribution in [-0.2, 0) is 6.54 Å². The van der Waals surface area contributed by atoms with Crippen LogP contribution in [0.5, 0.6) is 5.75 Å². The maximum atomic E-state index is 12.5. The van der Waals surface area contributed by atoms with Crippen molar-refractivity contribution in [3.8, 4) is 5.75 Å². The number of benzene rings is 3. The lowest BCUT2D eigenvalue weighted by Gasteiger charge is -2.26. The van der Waals surface area contributed by atoms with E-state index in [-0.39, 0.29) is 6.04 Å². The molecule has 1 fully saturated rings. The third-order valence-corrected chi connectivity index (χ3v) is 8.66. The van der Waals surface area contributed by atoms with Gasteiger partial charge in [-0.05, 0) is 79.5 Å². The fourth-order valence-electron chi connectivity index (χ4n) is 5.85. The molecule has 212 valence electrons.